The van der Waals surface area contributed by atoms with E-state index in [9.17, 15) is 4.79 Å². The van der Waals surface area contributed by atoms with Crippen molar-refractivity contribution < 1.29 is 14.3 Å². The summed E-state index contributed by atoms with van der Waals surface area (Å²) >= 11 is 12.4. The summed E-state index contributed by atoms with van der Waals surface area (Å²) in [5.74, 6) is 0.686. The van der Waals surface area contributed by atoms with Gasteiger partial charge in [0.15, 0.2) is 0 Å². The average molecular weight is 356 g/mol. The molecule has 1 heterocycles. The number of carbonyl (C=O) groups excluding carboxylic acids is 1. The maximum Gasteiger partial charge on any atom is 0.319 e. The average Bonchev–Trinajstić information content (AvgIpc) is 2.58. The normalized spacial score (nSPS) is 10.1. The number of nitrogens with one attached hydrogen (secondary N) is 2. The highest BCUT2D eigenvalue weighted by atomic mass is 35.5. The third kappa shape index (κ3) is 4.18. The molecule has 0 saturated heterocycles. The summed E-state index contributed by atoms with van der Waals surface area (Å²) in [4.78, 5) is 16.0. The Morgan fingerprint density at radius 2 is 1.87 bits per heavy atom. The predicted octanol–water partition coefficient (Wildman–Crippen LogP) is 3.73. The van der Waals surface area contributed by atoms with Crippen molar-refractivity contribution in [2.45, 2.75) is 6.54 Å². The molecule has 2 N–H and O–H groups in total. The Labute approximate surface area is 143 Å². The van der Waals surface area contributed by atoms with E-state index in [0.717, 1.165) is 5.56 Å². The van der Waals surface area contributed by atoms with Crippen LogP contribution in [-0.2, 0) is 6.54 Å². The second kappa shape index (κ2) is 7.89. The van der Waals surface area contributed by atoms with E-state index in [2.05, 4.69) is 15.6 Å². The lowest BCUT2D eigenvalue weighted by Crippen LogP contribution is -2.28. The van der Waals surface area contributed by atoms with E-state index in [0.29, 0.717) is 18.0 Å². The van der Waals surface area contributed by atoms with Gasteiger partial charge in [0, 0.05) is 25.0 Å². The number of urea groups is 1. The van der Waals surface area contributed by atoms with Crippen LogP contribution in [0.1, 0.15) is 5.56 Å². The number of halogens is 2. The molecule has 0 atom stereocenters. The molecule has 0 bridgehead atoms. The molecule has 0 radical (unpaired) electrons. The van der Waals surface area contributed by atoms with Crippen LogP contribution in [0.15, 0.2) is 30.6 Å². The molecule has 0 aliphatic heterocycles. The molecule has 0 spiro atoms. The zero-order valence-electron chi connectivity index (χ0n) is 12.5. The number of nitrogens with zero attached hydrogens (tertiary/aromatic N) is 1. The van der Waals surface area contributed by atoms with Crippen LogP contribution < -0.4 is 20.1 Å². The molecule has 0 fully saturated rings. The molecule has 0 aliphatic carbocycles. The molecule has 8 heteroatoms. The smallest absolute Gasteiger partial charge is 0.319 e. The van der Waals surface area contributed by atoms with Crippen LogP contribution in [0.4, 0.5) is 10.5 Å². The summed E-state index contributed by atoms with van der Waals surface area (Å²) in [6.07, 6.45) is 3.32. The molecule has 0 saturated carbocycles. The number of hydrogen-bond donors (Lipinski definition) is 2. The topological polar surface area (TPSA) is 72.5 Å². The first-order valence-electron chi connectivity index (χ1n) is 6.60. The first kappa shape index (κ1) is 17.2. The van der Waals surface area contributed by atoms with Gasteiger partial charge in [-0.15, -0.1) is 0 Å². The maximum absolute atomic E-state index is 12.0. The van der Waals surface area contributed by atoms with Crippen molar-refractivity contribution >= 4 is 34.9 Å². The van der Waals surface area contributed by atoms with Crippen LogP contribution in [0.25, 0.3) is 0 Å². The van der Waals surface area contributed by atoms with Gasteiger partial charge in [-0.25, -0.2) is 4.79 Å². The van der Waals surface area contributed by atoms with Crippen molar-refractivity contribution in [3.05, 3.63) is 46.2 Å². The number of aromatic nitrogens is 1. The molecule has 0 unspecified atom stereocenters. The number of amides is 2. The molecule has 2 aromatic rings. The van der Waals surface area contributed by atoms with Crippen molar-refractivity contribution in [2.75, 3.05) is 19.5 Å². The van der Waals surface area contributed by atoms with Gasteiger partial charge >= 0.3 is 6.03 Å². The minimum Gasteiger partial charge on any atom is -0.495 e. The van der Waals surface area contributed by atoms with Gasteiger partial charge in [-0.2, -0.15) is 0 Å². The van der Waals surface area contributed by atoms with Gasteiger partial charge in [-0.3, -0.25) is 4.98 Å². The van der Waals surface area contributed by atoms with Crippen LogP contribution >= 0.6 is 23.2 Å². The van der Waals surface area contributed by atoms with Gasteiger partial charge in [0.25, 0.3) is 0 Å². The minimum absolute atomic E-state index is 0.190. The van der Waals surface area contributed by atoms with Crippen molar-refractivity contribution in [1.29, 1.82) is 0 Å². The van der Waals surface area contributed by atoms with Gasteiger partial charge in [-0.1, -0.05) is 29.3 Å². The zero-order valence-corrected chi connectivity index (χ0v) is 14.0. The maximum atomic E-state index is 12.0. The lowest BCUT2D eigenvalue weighted by molar-refractivity contribution is 0.251. The van der Waals surface area contributed by atoms with Gasteiger partial charge in [0.05, 0.1) is 19.9 Å². The Morgan fingerprint density at radius 3 is 2.39 bits per heavy atom. The molecular formula is C15H15Cl2N3O3. The van der Waals surface area contributed by atoms with E-state index in [1.54, 1.807) is 24.5 Å². The number of ether oxygens (including phenoxy) is 2. The SMILES string of the molecule is COc1cc(OC)c(Cl)c(NC(=O)NCc2cccnc2)c1Cl. The predicted molar refractivity (Wildman–Crippen MR) is 89.7 cm³/mol. The van der Waals surface area contributed by atoms with Crippen LogP contribution in [-0.4, -0.2) is 25.2 Å². The zero-order chi connectivity index (χ0) is 16.8. The molecule has 1 aromatic carbocycles. The van der Waals surface area contributed by atoms with Gasteiger partial charge < -0.3 is 20.1 Å². The van der Waals surface area contributed by atoms with E-state index in [4.69, 9.17) is 32.7 Å². The number of pyridine rings is 1. The summed E-state index contributed by atoms with van der Waals surface area (Å²) in [7, 11) is 2.92. The fourth-order valence-electron chi connectivity index (χ4n) is 1.84. The van der Waals surface area contributed by atoms with E-state index in [1.165, 1.54) is 14.2 Å². The van der Waals surface area contributed by atoms with E-state index in [-0.39, 0.29) is 15.7 Å². The highest BCUT2D eigenvalue weighted by molar-refractivity contribution is 6.41. The van der Waals surface area contributed by atoms with Gasteiger partial charge in [-0.05, 0) is 11.6 Å². The van der Waals surface area contributed by atoms with Gasteiger partial charge in [0.1, 0.15) is 21.5 Å². The summed E-state index contributed by atoms with van der Waals surface area (Å²) in [6, 6.07) is 4.72. The lowest BCUT2D eigenvalue weighted by Gasteiger charge is -2.15. The molecule has 2 rings (SSSR count). The first-order valence-corrected chi connectivity index (χ1v) is 7.36. The number of rotatable bonds is 5. The summed E-state index contributed by atoms with van der Waals surface area (Å²) in [6.45, 7) is 0.315. The second-order valence-corrected chi connectivity index (χ2v) is 5.21. The summed E-state index contributed by atoms with van der Waals surface area (Å²) in [5.41, 5.74) is 1.08. The fraction of sp³-hybridized carbons (Fsp3) is 0.200. The molecular weight excluding hydrogens is 341 g/mol. The quantitative estimate of drug-likeness (QED) is 0.856. The molecule has 122 valence electrons. The Kier molecular flexibility index (Phi) is 5.90. The van der Waals surface area contributed by atoms with Crippen molar-refractivity contribution in [3.8, 4) is 11.5 Å². The number of benzene rings is 1. The monoisotopic (exact) mass is 355 g/mol. The second-order valence-electron chi connectivity index (χ2n) is 4.45. The summed E-state index contributed by atoms with van der Waals surface area (Å²) < 4.78 is 10.3. The number of hydrogen-bond acceptors (Lipinski definition) is 4. The third-order valence-electron chi connectivity index (χ3n) is 2.99. The van der Waals surface area contributed by atoms with E-state index >= 15 is 0 Å². The molecule has 1 aromatic heterocycles. The Morgan fingerprint density at radius 1 is 1.22 bits per heavy atom. The molecule has 0 aliphatic rings. The Hall–Kier alpha value is -2.18. The largest absolute Gasteiger partial charge is 0.495 e. The Bertz CT molecular complexity index is 668. The fourth-order valence-corrected chi connectivity index (χ4v) is 2.43. The standard InChI is InChI=1S/C15H15Cl2N3O3/c1-22-10-6-11(23-2)13(17)14(12(10)16)20-15(21)19-8-9-4-3-5-18-7-9/h3-7H,8H2,1-2H3,(H2,19,20,21). The van der Waals surface area contributed by atoms with Crippen LogP contribution in [0.2, 0.25) is 10.0 Å². The van der Waals surface area contributed by atoms with Crippen LogP contribution in [0.3, 0.4) is 0 Å². The van der Waals surface area contributed by atoms with Gasteiger partial charge in [0.2, 0.25) is 0 Å². The highest BCUT2D eigenvalue weighted by Crippen LogP contribution is 2.43. The van der Waals surface area contributed by atoms with E-state index in [1.807, 2.05) is 6.07 Å². The molecule has 2 amide bonds. The number of carbonyl (C=O) groups is 1. The van der Waals surface area contributed by atoms with Crippen LogP contribution in [0.5, 0.6) is 11.5 Å². The third-order valence-corrected chi connectivity index (χ3v) is 3.74. The number of anilines is 1. The first-order chi connectivity index (χ1) is 11.1. The molecule has 23 heavy (non-hydrogen) atoms. The summed E-state index contributed by atoms with van der Waals surface area (Å²) in [5, 5.41) is 5.67. The Balaban J connectivity index is 2.14. The lowest BCUT2D eigenvalue weighted by atomic mass is 10.2. The van der Waals surface area contributed by atoms with Crippen molar-refractivity contribution in [2.24, 2.45) is 0 Å². The molecule has 6 nitrogen and oxygen atoms in total. The van der Waals surface area contributed by atoms with Crippen molar-refractivity contribution in [1.82, 2.24) is 10.3 Å². The minimum atomic E-state index is -0.465. The van der Waals surface area contributed by atoms with Crippen LogP contribution in [0, 0.1) is 0 Å². The highest BCUT2D eigenvalue weighted by Gasteiger charge is 2.18. The van der Waals surface area contributed by atoms with E-state index < -0.39 is 6.03 Å². The number of methoxy groups -OCH3 is 2. The van der Waals surface area contributed by atoms with Crippen molar-refractivity contribution in [3.63, 3.8) is 0 Å².